The van der Waals surface area contributed by atoms with Crippen LogP contribution in [-0.2, 0) is 0 Å². The van der Waals surface area contributed by atoms with E-state index in [2.05, 4.69) is 5.32 Å². The molecule has 0 fully saturated rings. The number of Topliss-reactive ketones (excluding diaryl/α,β-unsaturated/α-hetero) is 1. The summed E-state index contributed by atoms with van der Waals surface area (Å²) >= 11 is 0. The first-order chi connectivity index (χ1) is 14.0. The van der Waals surface area contributed by atoms with Crippen LogP contribution in [0.2, 0.25) is 0 Å². The average molecular weight is 386 g/mol. The molecule has 1 N–H and O–H groups in total. The molecule has 2 amide bonds. The van der Waals surface area contributed by atoms with Crippen molar-refractivity contribution in [3.05, 3.63) is 95.6 Å². The summed E-state index contributed by atoms with van der Waals surface area (Å²) < 4.78 is 0. The zero-order valence-corrected chi connectivity index (χ0v) is 16.4. The summed E-state index contributed by atoms with van der Waals surface area (Å²) in [5.41, 5.74) is 2.97. The van der Waals surface area contributed by atoms with Crippen LogP contribution >= 0.6 is 0 Å². The van der Waals surface area contributed by atoms with E-state index in [-0.39, 0.29) is 17.6 Å². The lowest BCUT2D eigenvalue weighted by molar-refractivity contribution is 0.0983. The molecule has 0 aliphatic heterocycles. The third-order valence-corrected chi connectivity index (χ3v) is 4.57. The number of hydrogen-bond donors (Lipinski definition) is 1. The molecular formula is C24H22N2O3. The maximum Gasteiger partial charge on any atom is 0.258 e. The van der Waals surface area contributed by atoms with Gasteiger partial charge in [-0.05, 0) is 74.5 Å². The monoisotopic (exact) mass is 386 g/mol. The first-order valence-corrected chi connectivity index (χ1v) is 9.39. The van der Waals surface area contributed by atoms with Crippen LogP contribution in [0.5, 0.6) is 0 Å². The Hall–Kier alpha value is -3.73. The quantitative estimate of drug-likeness (QED) is 0.618. The zero-order valence-electron chi connectivity index (χ0n) is 16.4. The number of anilines is 2. The SMILES string of the molecule is CCN(C(=O)c1ccc(C(=O)Nc2ccc(C(C)=O)cc2)cc1)c1ccccc1. The van der Waals surface area contributed by atoms with Gasteiger partial charge in [-0.15, -0.1) is 0 Å². The lowest BCUT2D eigenvalue weighted by Crippen LogP contribution is -2.30. The second-order valence-corrected chi connectivity index (χ2v) is 6.55. The number of nitrogens with one attached hydrogen (secondary N) is 1. The van der Waals surface area contributed by atoms with Crippen LogP contribution in [0.1, 0.15) is 44.9 Å². The predicted molar refractivity (Wildman–Crippen MR) is 115 cm³/mol. The van der Waals surface area contributed by atoms with E-state index in [9.17, 15) is 14.4 Å². The van der Waals surface area contributed by atoms with Crippen LogP contribution in [0.25, 0.3) is 0 Å². The van der Waals surface area contributed by atoms with Crippen molar-refractivity contribution in [1.82, 2.24) is 0 Å². The molecule has 0 saturated carbocycles. The van der Waals surface area contributed by atoms with E-state index in [4.69, 9.17) is 0 Å². The van der Waals surface area contributed by atoms with Gasteiger partial charge in [-0.2, -0.15) is 0 Å². The molecule has 3 rings (SSSR count). The molecule has 0 spiro atoms. The molecule has 3 aromatic carbocycles. The molecule has 0 aromatic heterocycles. The van der Waals surface area contributed by atoms with Gasteiger partial charge in [-0.3, -0.25) is 14.4 Å². The number of carbonyl (C=O) groups excluding carboxylic acids is 3. The summed E-state index contributed by atoms with van der Waals surface area (Å²) in [4.78, 5) is 38.3. The summed E-state index contributed by atoms with van der Waals surface area (Å²) in [5.74, 6) is -0.430. The van der Waals surface area contributed by atoms with E-state index in [1.165, 1.54) is 6.92 Å². The molecule has 0 aliphatic rings. The molecule has 0 aliphatic carbocycles. The predicted octanol–water partition coefficient (Wildman–Crippen LogP) is 4.81. The minimum Gasteiger partial charge on any atom is -0.322 e. The van der Waals surface area contributed by atoms with Crippen molar-refractivity contribution in [2.24, 2.45) is 0 Å². The zero-order chi connectivity index (χ0) is 20.8. The van der Waals surface area contributed by atoms with Crippen molar-refractivity contribution in [2.75, 3.05) is 16.8 Å². The summed E-state index contributed by atoms with van der Waals surface area (Å²) in [6.45, 7) is 3.96. The van der Waals surface area contributed by atoms with Gasteiger partial charge in [0, 0.05) is 34.6 Å². The van der Waals surface area contributed by atoms with Crippen LogP contribution in [0.15, 0.2) is 78.9 Å². The van der Waals surface area contributed by atoms with Crippen molar-refractivity contribution in [3.8, 4) is 0 Å². The molecule has 0 unspecified atom stereocenters. The average Bonchev–Trinajstić information content (AvgIpc) is 2.75. The van der Waals surface area contributed by atoms with E-state index in [0.29, 0.717) is 28.9 Å². The lowest BCUT2D eigenvalue weighted by Gasteiger charge is -2.21. The highest BCUT2D eigenvalue weighted by atomic mass is 16.2. The second kappa shape index (κ2) is 8.97. The summed E-state index contributed by atoms with van der Waals surface area (Å²) in [6.07, 6.45) is 0. The first-order valence-electron chi connectivity index (χ1n) is 9.39. The van der Waals surface area contributed by atoms with E-state index in [1.54, 1.807) is 53.4 Å². The molecule has 0 saturated heterocycles. The molecule has 0 heterocycles. The summed E-state index contributed by atoms with van der Waals surface area (Å²) in [7, 11) is 0. The number of para-hydroxylation sites is 1. The maximum absolute atomic E-state index is 12.8. The Morgan fingerprint density at radius 3 is 1.86 bits per heavy atom. The first kappa shape index (κ1) is 20.0. The fraction of sp³-hybridized carbons (Fsp3) is 0.125. The number of carbonyl (C=O) groups is 3. The molecule has 0 bridgehead atoms. The van der Waals surface area contributed by atoms with Gasteiger partial charge in [0.2, 0.25) is 0 Å². The number of rotatable bonds is 6. The van der Waals surface area contributed by atoms with E-state index < -0.39 is 0 Å². The van der Waals surface area contributed by atoms with E-state index in [1.807, 2.05) is 37.3 Å². The highest BCUT2D eigenvalue weighted by Gasteiger charge is 2.16. The molecule has 0 atom stereocenters. The molecule has 5 heteroatoms. The van der Waals surface area contributed by atoms with Crippen molar-refractivity contribution in [1.29, 1.82) is 0 Å². The number of amides is 2. The highest BCUT2D eigenvalue weighted by molar-refractivity contribution is 6.08. The van der Waals surface area contributed by atoms with Crippen LogP contribution in [0, 0.1) is 0 Å². The Labute approximate surface area is 170 Å². The molecule has 146 valence electrons. The topological polar surface area (TPSA) is 66.5 Å². The van der Waals surface area contributed by atoms with Crippen LogP contribution in [0.4, 0.5) is 11.4 Å². The van der Waals surface area contributed by atoms with Gasteiger partial charge in [-0.25, -0.2) is 0 Å². The third-order valence-electron chi connectivity index (χ3n) is 4.57. The van der Waals surface area contributed by atoms with Crippen molar-refractivity contribution in [3.63, 3.8) is 0 Å². The van der Waals surface area contributed by atoms with E-state index in [0.717, 1.165) is 5.69 Å². The highest BCUT2D eigenvalue weighted by Crippen LogP contribution is 2.18. The lowest BCUT2D eigenvalue weighted by atomic mass is 10.1. The second-order valence-electron chi connectivity index (χ2n) is 6.55. The van der Waals surface area contributed by atoms with Gasteiger partial charge in [0.1, 0.15) is 0 Å². The number of nitrogens with zero attached hydrogens (tertiary/aromatic N) is 1. The Morgan fingerprint density at radius 2 is 1.31 bits per heavy atom. The fourth-order valence-electron chi connectivity index (χ4n) is 2.96. The minimum absolute atomic E-state index is 0.0280. The van der Waals surface area contributed by atoms with Gasteiger partial charge in [-0.1, -0.05) is 18.2 Å². The van der Waals surface area contributed by atoms with Crippen molar-refractivity contribution in [2.45, 2.75) is 13.8 Å². The Balaban J connectivity index is 1.71. The normalized spacial score (nSPS) is 10.3. The summed E-state index contributed by atoms with van der Waals surface area (Å²) in [5, 5.41) is 2.79. The largest absolute Gasteiger partial charge is 0.322 e. The molecule has 0 radical (unpaired) electrons. The Kier molecular flexibility index (Phi) is 6.19. The number of ketones is 1. The standard InChI is InChI=1S/C24H22N2O3/c1-3-26(22-7-5-4-6-8-22)24(29)20-11-9-19(10-12-20)23(28)25-21-15-13-18(14-16-21)17(2)27/h4-16H,3H2,1-2H3,(H,25,28). The smallest absolute Gasteiger partial charge is 0.258 e. The van der Waals surface area contributed by atoms with E-state index >= 15 is 0 Å². The van der Waals surface area contributed by atoms with Crippen LogP contribution < -0.4 is 10.2 Å². The van der Waals surface area contributed by atoms with Gasteiger partial charge in [0.25, 0.3) is 11.8 Å². The van der Waals surface area contributed by atoms with Gasteiger partial charge >= 0.3 is 0 Å². The summed E-state index contributed by atoms with van der Waals surface area (Å²) in [6, 6.07) is 22.7. The maximum atomic E-state index is 12.8. The van der Waals surface area contributed by atoms with Gasteiger partial charge < -0.3 is 10.2 Å². The van der Waals surface area contributed by atoms with Crippen LogP contribution in [-0.4, -0.2) is 24.1 Å². The molecule has 29 heavy (non-hydrogen) atoms. The fourth-order valence-corrected chi connectivity index (χ4v) is 2.96. The van der Waals surface area contributed by atoms with Gasteiger partial charge in [0.15, 0.2) is 5.78 Å². The number of benzene rings is 3. The van der Waals surface area contributed by atoms with Gasteiger partial charge in [0.05, 0.1) is 0 Å². The Morgan fingerprint density at radius 1 is 0.759 bits per heavy atom. The number of hydrogen-bond acceptors (Lipinski definition) is 3. The third kappa shape index (κ3) is 4.76. The van der Waals surface area contributed by atoms with Crippen molar-refractivity contribution < 1.29 is 14.4 Å². The van der Waals surface area contributed by atoms with Crippen molar-refractivity contribution >= 4 is 29.0 Å². The van der Waals surface area contributed by atoms with Crippen LogP contribution in [0.3, 0.4) is 0 Å². The Bertz CT molecular complexity index is 1010. The minimum atomic E-state index is -0.282. The molecule has 3 aromatic rings. The molecule has 5 nitrogen and oxygen atoms in total. The molecular weight excluding hydrogens is 364 g/mol.